The van der Waals surface area contributed by atoms with E-state index < -0.39 is 18.0 Å². The van der Waals surface area contributed by atoms with Crippen LogP contribution in [0.15, 0.2) is 36.4 Å². The van der Waals surface area contributed by atoms with E-state index in [1.807, 2.05) is 0 Å². The molecular formula is C22H25NO8. The summed E-state index contributed by atoms with van der Waals surface area (Å²) < 4.78 is 26.5. The third-order valence-corrected chi connectivity index (χ3v) is 4.24. The fraction of sp³-hybridized carbons (Fsp3) is 0.273. The summed E-state index contributed by atoms with van der Waals surface area (Å²) in [6.07, 6.45) is 1.78. The van der Waals surface area contributed by atoms with E-state index in [9.17, 15) is 9.59 Å². The Hall–Kier alpha value is -3.88. The normalized spacial score (nSPS) is 11.5. The van der Waals surface area contributed by atoms with Gasteiger partial charge in [0, 0.05) is 30.0 Å². The number of nitrogens with one attached hydrogen (secondary N) is 1. The molecule has 0 aliphatic carbocycles. The van der Waals surface area contributed by atoms with Gasteiger partial charge in [-0.25, -0.2) is 4.79 Å². The number of rotatable bonds is 10. The second-order valence-corrected chi connectivity index (χ2v) is 6.23. The van der Waals surface area contributed by atoms with Gasteiger partial charge in [0.1, 0.15) is 17.2 Å². The fourth-order valence-corrected chi connectivity index (χ4v) is 2.63. The summed E-state index contributed by atoms with van der Waals surface area (Å²) in [6.45, 7) is 1.39. The summed E-state index contributed by atoms with van der Waals surface area (Å²) in [7, 11) is 5.97. The van der Waals surface area contributed by atoms with Gasteiger partial charge < -0.3 is 34.1 Å². The summed E-state index contributed by atoms with van der Waals surface area (Å²) >= 11 is 0. The van der Waals surface area contributed by atoms with E-state index in [0.717, 1.165) is 0 Å². The Morgan fingerprint density at radius 1 is 0.903 bits per heavy atom. The maximum atomic E-state index is 12.4. The molecule has 0 aliphatic rings. The van der Waals surface area contributed by atoms with Crippen molar-refractivity contribution in [2.45, 2.75) is 13.0 Å². The van der Waals surface area contributed by atoms with Gasteiger partial charge in [0.2, 0.25) is 5.91 Å². The van der Waals surface area contributed by atoms with E-state index in [1.54, 1.807) is 30.3 Å². The predicted octanol–water partition coefficient (Wildman–Crippen LogP) is 3.22. The Bertz CT molecular complexity index is 945. The van der Waals surface area contributed by atoms with Gasteiger partial charge in [-0.15, -0.1) is 0 Å². The Morgan fingerprint density at radius 2 is 1.52 bits per heavy atom. The summed E-state index contributed by atoms with van der Waals surface area (Å²) in [6, 6.07) is 8.02. The van der Waals surface area contributed by atoms with Crippen molar-refractivity contribution in [1.82, 2.24) is 0 Å². The topological polar surface area (TPSA) is 113 Å². The third-order valence-electron chi connectivity index (χ3n) is 4.24. The number of carbonyl (C=O) groups is 2. The van der Waals surface area contributed by atoms with Crippen LogP contribution in [0.5, 0.6) is 28.7 Å². The van der Waals surface area contributed by atoms with Crippen molar-refractivity contribution in [3.63, 3.8) is 0 Å². The summed E-state index contributed by atoms with van der Waals surface area (Å²) in [5, 5.41) is 11.7. The van der Waals surface area contributed by atoms with Crippen molar-refractivity contribution in [2.24, 2.45) is 0 Å². The number of anilines is 1. The SMILES string of the molecule is COc1cc(OC)c(C=CC(=O)Nc2ccc(OC)c(OC(C)C(=O)O)c2)c(OC)c1. The lowest BCUT2D eigenvalue weighted by molar-refractivity contribution is -0.144. The molecule has 0 fully saturated rings. The zero-order valence-electron chi connectivity index (χ0n) is 17.9. The average molecular weight is 431 g/mol. The molecule has 0 aromatic heterocycles. The quantitative estimate of drug-likeness (QED) is 0.552. The molecule has 0 bridgehead atoms. The lowest BCUT2D eigenvalue weighted by Crippen LogP contribution is -2.23. The molecule has 9 heteroatoms. The van der Waals surface area contributed by atoms with E-state index >= 15 is 0 Å². The molecule has 0 saturated heterocycles. The van der Waals surface area contributed by atoms with Crippen LogP contribution in [0.25, 0.3) is 6.08 Å². The number of methoxy groups -OCH3 is 4. The Labute approximate surface area is 180 Å². The highest BCUT2D eigenvalue weighted by Crippen LogP contribution is 2.35. The lowest BCUT2D eigenvalue weighted by Gasteiger charge is -2.15. The molecule has 0 heterocycles. The zero-order chi connectivity index (χ0) is 23.0. The highest BCUT2D eigenvalue weighted by atomic mass is 16.5. The summed E-state index contributed by atoms with van der Waals surface area (Å²) in [4.78, 5) is 23.5. The van der Waals surface area contributed by atoms with Gasteiger partial charge in [0.05, 0.1) is 34.0 Å². The molecule has 1 unspecified atom stereocenters. The number of hydrogen-bond acceptors (Lipinski definition) is 7. The second kappa shape index (κ2) is 10.8. The minimum Gasteiger partial charge on any atom is -0.496 e. The molecule has 9 nitrogen and oxygen atoms in total. The first kappa shape index (κ1) is 23.4. The molecule has 31 heavy (non-hydrogen) atoms. The predicted molar refractivity (Wildman–Crippen MR) is 114 cm³/mol. The number of carboxylic acid groups (broad SMARTS) is 1. The van der Waals surface area contributed by atoms with Gasteiger partial charge in [-0.3, -0.25) is 4.79 Å². The fourth-order valence-electron chi connectivity index (χ4n) is 2.63. The first-order chi connectivity index (χ1) is 14.8. The molecule has 2 aromatic rings. The number of amides is 1. The van der Waals surface area contributed by atoms with Gasteiger partial charge in [0.25, 0.3) is 0 Å². The zero-order valence-corrected chi connectivity index (χ0v) is 17.9. The van der Waals surface area contributed by atoms with Gasteiger partial charge in [-0.1, -0.05) is 0 Å². The van der Waals surface area contributed by atoms with Gasteiger partial charge in [-0.05, 0) is 25.1 Å². The van der Waals surface area contributed by atoms with Crippen LogP contribution in [-0.2, 0) is 9.59 Å². The molecule has 0 spiro atoms. The Morgan fingerprint density at radius 3 is 2.03 bits per heavy atom. The van der Waals surface area contributed by atoms with Crippen LogP contribution in [0.3, 0.4) is 0 Å². The highest BCUT2D eigenvalue weighted by molar-refractivity contribution is 6.02. The van der Waals surface area contributed by atoms with E-state index in [2.05, 4.69) is 5.32 Å². The average Bonchev–Trinajstić information content (AvgIpc) is 2.77. The van der Waals surface area contributed by atoms with Crippen molar-refractivity contribution in [3.8, 4) is 28.7 Å². The standard InChI is InChI=1S/C22H25NO8/c1-13(22(25)26)31-20-10-14(6-8-17(20)28-3)23-21(24)9-7-16-18(29-4)11-15(27-2)12-19(16)30-5/h6-13H,1-5H3,(H,23,24)(H,25,26). The number of benzene rings is 2. The molecule has 1 atom stereocenters. The summed E-state index contributed by atoms with van der Waals surface area (Å²) in [5.41, 5.74) is 0.965. The smallest absolute Gasteiger partial charge is 0.344 e. The van der Waals surface area contributed by atoms with Gasteiger partial charge in [-0.2, -0.15) is 0 Å². The first-order valence-electron chi connectivity index (χ1n) is 9.19. The first-order valence-corrected chi connectivity index (χ1v) is 9.19. The van der Waals surface area contributed by atoms with Gasteiger partial charge in [0.15, 0.2) is 17.6 Å². The van der Waals surface area contributed by atoms with Crippen molar-refractivity contribution in [3.05, 3.63) is 42.0 Å². The van der Waals surface area contributed by atoms with Crippen molar-refractivity contribution in [1.29, 1.82) is 0 Å². The molecule has 0 saturated carbocycles. The molecule has 2 aromatic carbocycles. The summed E-state index contributed by atoms with van der Waals surface area (Å²) in [5.74, 6) is 0.485. The van der Waals surface area contributed by atoms with Crippen LogP contribution in [0.1, 0.15) is 12.5 Å². The van der Waals surface area contributed by atoms with Crippen LogP contribution in [0.2, 0.25) is 0 Å². The minimum atomic E-state index is -1.12. The Kier molecular flexibility index (Phi) is 8.13. The van der Waals surface area contributed by atoms with Crippen molar-refractivity contribution >= 4 is 23.6 Å². The molecular weight excluding hydrogens is 406 g/mol. The van der Waals surface area contributed by atoms with E-state index in [1.165, 1.54) is 47.5 Å². The monoisotopic (exact) mass is 431 g/mol. The van der Waals surface area contributed by atoms with Crippen molar-refractivity contribution < 1.29 is 38.4 Å². The number of hydrogen-bond donors (Lipinski definition) is 2. The van der Waals surface area contributed by atoms with Crippen LogP contribution < -0.4 is 29.0 Å². The molecule has 0 aliphatic heterocycles. The van der Waals surface area contributed by atoms with E-state index in [0.29, 0.717) is 34.2 Å². The van der Waals surface area contributed by atoms with Crippen molar-refractivity contribution in [2.75, 3.05) is 33.8 Å². The molecule has 0 radical (unpaired) electrons. The molecule has 2 rings (SSSR count). The number of aliphatic carboxylic acids is 1. The number of carbonyl (C=O) groups excluding carboxylic acids is 1. The molecule has 166 valence electrons. The maximum Gasteiger partial charge on any atom is 0.344 e. The number of ether oxygens (including phenoxy) is 5. The molecule has 2 N–H and O–H groups in total. The third kappa shape index (κ3) is 6.05. The van der Waals surface area contributed by atoms with Crippen LogP contribution in [0.4, 0.5) is 5.69 Å². The molecule has 1 amide bonds. The second-order valence-electron chi connectivity index (χ2n) is 6.23. The van der Waals surface area contributed by atoms with Crippen LogP contribution in [0, 0.1) is 0 Å². The van der Waals surface area contributed by atoms with E-state index in [-0.39, 0.29) is 5.75 Å². The highest BCUT2D eigenvalue weighted by Gasteiger charge is 2.16. The number of carboxylic acids is 1. The maximum absolute atomic E-state index is 12.4. The lowest BCUT2D eigenvalue weighted by atomic mass is 10.1. The van der Waals surface area contributed by atoms with Gasteiger partial charge >= 0.3 is 5.97 Å². The minimum absolute atomic E-state index is 0.192. The van der Waals surface area contributed by atoms with E-state index in [4.69, 9.17) is 28.8 Å². The van der Waals surface area contributed by atoms with Crippen LogP contribution in [-0.4, -0.2) is 51.5 Å². The largest absolute Gasteiger partial charge is 0.496 e. The van der Waals surface area contributed by atoms with Crippen LogP contribution >= 0.6 is 0 Å². The Balaban J connectivity index is 2.23.